The fourth-order valence-corrected chi connectivity index (χ4v) is 6.34. The van der Waals surface area contributed by atoms with Gasteiger partial charge in [-0.2, -0.15) is 0 Å². The summed E-state index contributed by atoms with van der Waals surface area (Å²) in [6.45, 7) is 0. The molecule has 30 heavy (non-hydrogen) atoms. The van der Waals surface area contributed by atoms with Gasteiger partial charge in [0.05, 0.1) is 5.02 Å². The SMILES string of the molecule is N[C@@H]1c2ccccc2CC12CCC(c1ccc(Sc3ccnc(Cl)c3Cl)nc1)CC2. The first-order chi connectivity index (χ1) is 14.6. The molecule has 3 aromatic rings. The summed E-state index contributed by atoms with van der Waals surface area (Å²) in [6.07, 6.45) is 9.49. The van der Waals surface area contributed by atoms with E-state index in [1.807, 2.05) is 12.3 Å². The summed E-state index contributed by atoms with van der Waals surface area (Å²) in [6, 6.07) is 15.0. The van der Waals surface area contributed by atoms with Crippen LogP contribution in [-0.4, -0.2) is 9.97 Å². The monoisotopic (exact) mass is 455 g/mol. The van der Waals surface area contributed by atoms with Crippen molar-refractivity contribution < 1.29 is 0 Å². The Morgan fingerprint density at radius 2 is 1.80 bits per heavy atom. The second-order valence-electron chi connectivity index (χ2n) is 8.44. The van der Waals surface area contributed by atoms with Gasteiger partial charge in [0.15, 0.2) is 0 Å². The zero-order chi connectivity index (χ0) is 20.7. The van der Waals surface area contributed by atoms with Crippen LogP contribution in [-0.2, 0) is 6.42 Å². The van der Waals surface area contributed by atoms with Crippen LogP contribution < -0.4 is 5.73 Å². The number of hydrogen-bond donors (Lipinski definition) is 1. The summed E-state index contributed by atoms with van der Waals surface area (Å²) in [7, 11) is 0. The molecule has 0 amide bonds. The normalized spacial score (nSPS) is 25.4. The standard InChI is InChI=1S/C24H23Cl2N3S/c25-21-19(9-12-28-23(21)26)30-20-6-5-17(14-29-20)15-7-10-24(11-8-15)13-16-3-1-2-4-18(16)22(24)27/h1-6,9,12,14-15,22H,7-8,10-11,13,27H2/t15?,22-,24?/m1/s1. The number of fused-ring (bicyclic) bond motifs is 1. The first-order valence-corrected chi connectivity index (χ1v) is 11.9. The molecule has 1 atom stereocenters. The molecule has 1 aromatic carbocycles. The molecular formula is C24H23Cl2N3S. The second-order valence-corrected chi connectivity index (χ2v) is 10.2. The maximum atomic E-state index is 6.72. The molecular weight excluding hydrogens is 433 g/mol. The molecule has 0 unspecified atom stereocenters. The van der Waals surface area contributed by atoms with Gasteiger partial charge in [0.2, 0.25) is 0 Å². The van der Waals surface area contributed by atoms with Crippen molar-refractivity contribution in [1.82, 2.24) is 9.97 Å². The van der Waals surface area contributed by atoms with Crippen LogP contribution >= 0.6 is 35.0 Å². The highest BCUT2D eigenvalue weighted by Crippen LogP contribution is 2.55. The lowest BCUT2D eigenvalue weighted by Crippen LogP contribution is -2.35. The third-order valence-electron chi connectivity index (χ3n) is 6.83. The Balaban J connectivity index is 1.26. The largest absolute Gasteiger partial charge is 0.323 e. The maximum Gasteiger partial charge on any atom is 0.148 e. The van der Waals surface area contributed by atoms with Gasteiger partial charge in [-0.1, -0.05) is 65.3 Å². The summed E-state index contributed by atoms with van der Waals surface area (Å²) in [5.74, 6) is 0.553. The van der Waals surface area contributed by atoms with E-state index in [9.17, 15) is 0 Å². The van der Waals surface area contributed by atoms with Crippen LogP contribution in [0.4, 0.5) is 0 Å². The molecule has 1 spiro atoms. The van der Waals surface area contributed by atoms with E-state index in [-0.39, 0.29) is 11.5 Å². The highest BCUT2D eigenvalue weighted by molar-refractivity contribution is 7.99. The fourth-order valence-electron chi connectivity index (χ4n) is 5.12. The predicted molar refractivity (Wildman–Crippen MR) is 123 cm³/mol. The van der Waals surface area contributed by atoms with Crippen molar-refractivity contribution in [3.8, 4) is 0 Å². The smallest absolute Gasteiger partial charge is 0.148 e. The molecule has 0 radical (unpaired) electrons. The van der Waals surface area contributed by atoms with Gasteiger partial charge >= 0.3 is 0 Å². The van der Waals surface area contributed by atoms with E-state index < -0.39 is 0 Å². The molecule has 1 saturated carbocycles. The average Bonchev–Trinajstić information content (AvgIpc) is 3.04. The number of halogens is 2. The van der Waals surface area contributed by atoms with Crippen LogP contribution in [0.15, 0.2) is 64.8 Å². The Kier molecular flexibility index (Phi) is 5.53. The first-order valence-electron chi connectivity index (χ1n) is 10.3. The fraction of sp³-hybridized carbons (Fsp3) is 0.333. The zero-order valence-corrected chi connectivity index (χ0v) is 18.9. The highest BCUT2D eigenvalue weighted by atomic mass is 35.5. The van der Waals surface area contributed by atoms with E-state index in [4.69, 9.17) is 28.9 Å². The van der Waals surface area contributed by atoms with Crippen LogP contribution in [0.2, 0.25) is 10.2 Å². The third kappa shape index (κ3) is 3.64. The van der Waals surface area contributed by atoms with Gasteiger partial charge in [0.1, 0.15) is 10.2 Å². The molecule has 0 bridgehead atoms. The first kappa shape index (κ1) is 20.3. The second kappa shape index (κ2) is 8.16. The van der Waals surface area contributed by atoms with Gasteiger partial charge in [-0.15, -0.1) is 0 Å². The molecule has 2 N–H and O–H groups in total. The Hall–Kier alpha value is -1.59. The van der Waals surface area contributed by atoms with Crippen LogP contribution in [0.25, 0.3) is 0 Å². The van der Waals surface area contributed by atoms with Crippen molar-refractivity contribution in [2.45, 2.75) is 54.0 Å². The van der Waals surface area contributed by atoms with Gasteiger partial charge in [0.25, 0.3) is 0 Å². The number of rotatable bonds is 3. The third-order valence-corrected chi connectivity index (χ3v) is 8.72. The summed E-state index contributed by atoms with van der Waals surface area (Å²) in [5.41, 5.74) is 11.1. The topological polar surface area (TPSA) is 51.8 Å². The van der Waals surface area contributed by atoms with Gasteiger partial charge < -0.3 is 5.73 Å². The Bertz CT molecular complexity index is 1060. The molecule has 0 aliphatic heterocycles. The summed E-state index contributed by atoms with van der Waals surface area (Å²) < 4.78 is 0. The van der Waals surface area contributed by atoms with Gasteiger partial charge in [-0.3, -0.25) is 0 Å². The number of pyridine rings is 2. The number of hydrogen-bond acceptors (Lipinski definition) is 4. The lowest BCUT2D eigenvalue weighted by Gasteiger charge is -2.40. The molecule has 3 nitrogen and oxygen atoms in total. The van der Waals surface area contributed by atoms with Gasteiger partial charge in [0, 0.05) is 23.3 Å². The van der Waals surface area contributed by atoms with Gasteiger partial charge in [-0.05, 0) is 72.3 Å². The summed E-state index contributed by atoms with van der Waals surface area (Å²) >= 11 is 13.8. The minimum atomic E-state index is 0.170. The maximum absolute atomic E-state index is 6.72. The molecule has 1 fully saturated rings. The van der Waals surface area contributed by atoms with E-state index in [0.29, 0.717) is 16.1 Å². The molecule has 2 heterocycles. The molecule has 5 rings (SSSR count). The molecule has 6 heteroatoms. The number of benzene rings is 1. The number of nitrogens with zero attached hydrogens (tertiary/aromatic N) is 2. The molecule has 2 aliphatic carbocycles. The van der Waals surface area contributed by atoms with Crippen molar-refractivity contribution in [2.75, 3.05) is 0 Å². The lowest BCUT2D eigenvalue weighted by molar-refractivity contribution is 0.149. The van der Waals surface area contributed by atoms with Gasteiger partial charge in [-0.25, -0.2) is 9.97 Å². The van der Waals surface area contributed by atoms with Crippen LogP contribution in [0, 0.1) is 5.41 Å². The van der Waals surface area contributed by atoms with Crippen molar-refractivity contribution in [1.29, 1.82) is 0 Å². The van der Waals surface area contributed by atoms with Crippen molar-refractivity contribution in [2.24, 2.45) is 11.1 Å². The van der Waals surface area contributed by atoms with Crippen LogP contribution in [0.5, 0.6) is 0 Å². The minimum Gasteiger partial charge on any atom is -0.323 e. The quantitative estimate of drug-likeness (QED) is 0.439. The molecule has 2 aromatic heterocycles. The molecule has 0 saturated heterocycles. The van der Waals surface area contributed by atoms with Crippen molar-refractivity contribution >= 4 is 35.0 Å². The average molecular weight is 456 g/mol. The number of aromatic nitrogens is 2. The summed E-state index contributed by atoms with van der Waals surface area (Å²) in [5, 5.41) is 1.70. The minimum absolute atomic E-state index is 0.170. The van der Waals surface area contributed by atoms with E-state index in [2.05, 4.69) is 46.4 Å². The number of nitrogens with two attached hydrogens (primary N) is 1. The van der Waals surface area contributed by atoms with E-state index >= 15 is 0 Å². The summed E-state index contributed by atoms with van der Waals surface area (Å²) in [4.78, 5) is 9.54. The Morgan fingerprint density at radius 1 is 1.00 bits per heavy atom. The predicted octanol–water partition coefficient (Wildman–Crippen LogP) is 6.83. The van der Waals surface area contributed by atoms with Crippen LogP contribution in [0.3, 0.4) is 0 Å². The zero-order valence-electron chi connectivity index (χ0n) is 16.5. The molecule has 2 aliphatic rings. The lowest BCUT2D eigenvalue weighted by atomic mass is 9.66. The van der Waals surface area contributed by atoms with E-state index in [0.717, 1.165) is 16.3 Å². The van der Waals surface area contributed by atoms with E-state index in [1.165, 1.54) is 54.1 Å². The highest BCUT2D eigenvalue weighted by Gasteiger charge is 2.46. The van der Waals surface area contributed by atoms with Crippen molar-refractivity contribution in [3.05, 3.63) is 81.7 Å². The van der Waals surface area contributed by atoms with Crippen LogP contribution in [0.1, 0.15) is 54.3 Å². The van der Waals surface area contributed by atoms with E-state index in [1.54, 1.807) is 6.20 Å². The Morgan fingerprint density at radius 3 is 2.53 bits per heavy atom. The van der Waals surface area contributed by atoms with Crippen molar-refractivity contribution in [3.63, 3.8) is 0 Å². The molecule has 154 valence electrons. The Labute approximate surface area is 191 Å².